The van der Waals surface area contributed by atoms with Gasteiger partial charge in [-0.3, -0.25) is 4.98 Å². The molecule has 1 aromatic heterocycles. The third-order valence-corrected chi connectivity index (χ3v) is 2.80. The number of nitrogens with two attached hydrogens (primary N) is 1. The van der Waals surface area contributed by atoms with E-state index in [2.05, 4.69) is 4.98 Å². The highest BCUT2D eigenvalue weighted by molar-refractivity contribution is 5.48. The number of pyridine rings is 1. The zero-order chi connectivity index (χ0) is 13.5. The van der Waals surface area contributed by atoms with E-state index in [0.29, 0.717) is 18.9 Å². The fourth-order valence-electron chi connectivity index (χ4n) is 1.79. The number of anilines is 1. The Kier molecular flexibility index (Phi) is 4.75. The van der Waals surface area contributed by atoms with Gasteiger partial charge in [0.25, 0.3) is 0 Å². The average molecular weight is 258 g/mol. The Balaban J connectivity index is 1.83. The van der Waals surface area contributed by atoms with E-state index in [1.54, 1.807) is 19.4 Å². The van der Waals surface area contributed by atoms with Crippen molar-refractivity contribution in [3.05, 3.63) is 53.9 Å². The molecule has 0 spiro atoms. The molecular weight excluding hydrogens is 240 g/mol. The summed E-state index contributed by atoms with van der Waals surface area (Å²) in [5.74, 6) is 0.762. The number of methoxy groups -OCH3 is 1. The minimum atomic E-state index is 0.510. The first kappa shape index (κ1) is 13.4. The number of hydrogen-bond acceptors (Lipinski definition) is 4. The Morgan fingerprint density at radius 1 is 1.21 bits per heavy atom. The van der Waals surface area contributed by atoms with Crippen molar-refractivity contribution in [2.45, 2.75) is 13.0 Å². The van der Waals surface area contributed by atoms with Crippen LogP contribution in [0, 0.1) is 0 Å². The second kappa shape index (κ2) is 6.75. The van der Waals surface area contributed by atoms with Crippen molar-refractivity contribution in [1.29, 1.82) is 0 Å². The number of aromatic nitrogens is 1. The monoisotopic (exact) mass is 258 g/mol. The first-order chi connectivity index (χ1) is 9.29. The van der Waals surface area contributed by atoms with Crippen LogP contribution in [0.15, 0.2) is 42.6 Å². The van der Waals surface area contributed by atoms with Gasteiger partial charge < -0.3 is 15.2 Å². The Labute approximate surface area is 113 Å². The van der Waals surface area contributed by atoms with E-state index in [9.17, 15) is 0 Å². The molecular formula is C15H18N2O2. The number of hydrogen-bond donors (Lipinski definition) is 1. The molecule has 2 N–H and O–H groups in total. The van der Waals surface area contributed by atoms with Gasteiger partial charge in [-0.15, -0.1) is 0 Å². The Morgan fingerprint density at radius 3 is 2.84 bits per heavy atom. The molecule has 1 heterocycles. The van der Waals surface area contributed by atoms with E-state index in [-0.39, 0.29) is 0 Å². The maximum atomic E-state index is 5.70. The molecule has 100 valence electrons. The molecule has 0 saturated heterocycles. The lowest BCUT2D eigenvalue weighted by atomic mass is 10.2. The van der Waals surface area contributed by atoms with E-state index < -0.39 is 0 Å². The number of benzene rings is 1. The SMILES string of the molecule is COc1cc(N)ccc1COCCc1ccccn1. The molecule has 0 atom stereocenters. The Hall–Kier alpha value is -2.07. The predicted octanol–water partition coefficient (Wildman–Crippen LogP) is 2.43. The highest BCUT2D eigenvalue weighted by Crippen LogP contribution is 2.22. The van der Waals surface area contributed by atoms with Crippen LogP contribution in [0.25, 0.3) is 0 Å². The second-order valence-corrected chi connectivity index (χ2v) is 4.19. The summed E-state index contributed by atoms with van der Waals surface area (Å²) >= 11 is 0. The van der Waals surface area contributed by atoms with Crippen LogP contribution in [0.3, 0.4) is 0 Å². The summed E-state index contributed by atoms with van der Waals surface area (Å²) < 4.78 is 10.9. The molecule has 0 fully saturated rings. The summed E-state index contributed by atoms with van der Waals surface area (Å²) in [6, 6.07) is 11.5. The summed E-state index contributed by atoms with van der Waals surface area (Å²) in [6.07, 6.45) is 2.59. The minimum absolute atomic E-state index is 0.510. The summed E-state index contributed by atoms with van der Waals surface area (Å²) in [5, 5.41) is 0. The summed E-state index contributed by atoms with van der Waals surface area (Å²) in [7, 11) is 1.63. The Bertz CT molecular complexity index is 515. The largest absolute Gasteiger partial charge is 0.496 e. The third-order valence-electron chi connectivity index (χ3n) is 2.80. The van der Waals surface area contributed by atoms with Crippen LogP contribution in [0.5, 0.6) is 5.75 Å². The topological polar surface area (TPSA) is 57.4 Å². The zero-order valence-corrected chi connectivity index (χ0v) is 11.0. The number of rotatable bonds is 6. The maximum absolute atomic E-state index is 5.70. The van der Waals surface area contributed by atoms with E-state index in [1.807, 2.05) is 30.3 Å². The fraction of sp³-hybridized carbons (Fsp3) is 0.267. The molecule has 1 aromatic carbocycles. The lowest BCUT2D eigenvalue weighted by molar-refractivity contribution is 0.121. The van der Waals surface area contributed by atoms with E-state index >= 15 is 0 Å². The van der Waals surface area contributed by atoms with Gasteiger partial charge in [-0.2, -0.15) is 0 Å². The molecule has 2 rings (SSSR count). The molecule has 0 aliphatic heterocycles. The summed E-state index contributed by atoms with van der Waals surface area (Å²) in [5.41, 5.74) is 8.43. The normalized spacial score (nSPS) is 10.4. The van der Waals surface area contributed by atoms with Crippen LogP contribution in [-0.2, 0) is 17.8 Å². The zero-order valence-electron chi connectivity index (χ0n) is 11.0. The maximum Gasteiger partial charge on any atom is 0.126 e. The van der Waals surface area contributed by atoms with Crippen LogP contribution in [0.2, 0.25) is 0 Å². The smallest absolute Gasteiger partial charge is 0.126 e. The van der Waals surface area contributed by atoms with Gasteiger partial charge in [-0.1, -0.05) is 12.1 Å². The third kappa shape index (κ3) is 3.96. The first-order valence-corrected chi connectivity index (χ1v) is 6.19. The molecule has 19 heavy (non-hydrogen) atoms. The van der Waals surface area contributed by atoms with Gasteiger partial charge in [0.05, 0.1) is 20.3 Å². The van der Waals surface area contributed by atoms with Crippen molar-refractivity contribution in [2.75, 3.05) is 19.5 Å². The molecule has 0 unspecified atom stereocenters. The van der Waals surface area contributed by atoms with Crippen molar-refractivity contribution in [1.82, 2.24) is 4.98 Å². The highest BCUT2D eigenvalue weighted by Gasteiger charge is 2.03. The van der Waals surface area contributed by atoms with Crippen molar-refractivity contribution < 1.29 is 9.47 Å². The molecule has 0 aliphatic rings. The van der Waals surface area contributed by atoms with Crippen LogP contribution in [0.1, 0.15) is 11.3 Å². The standard InChI is InChI=1S/C15H18N2O2/c1-18-15-10-13(16)6-5-12(15)11-19-9-7-14-4-2-3-8-17-14/h2-6,8,10H,7,9,11,16H2,1H3. The van der Waals surface area contributed by atoms with Crippen molar-refractivity contribution in [3.8, 4) is 5.75 Å². The fourth-order valence-corrected chi connectivity index (χ4v) is 1.79. The van der Waals surface area contributed by atoms with Gasteiger partial charge >= 0.3 is 0 Å². The van der Waals surface area contributed by atoms with Gasteiger partial charge in [-0.25, -0.2) is 0 Å². The lowest BCUT2D eigenvalue weighted by Crippen LogP contribution is -2.02. The molecule has 0 radical (unpaired) electrons. The van der Waals surface area contributed by atoms with Gasteiger partial charge in [0.2, 0.25) is 0 Å². The van der Waals surface area contributed by atoms with Crippen LogP contribution in [0.4, 0.5) is 5.69 Å². The minimum Gasteiger partial charge on any atom is -0.496 e. The molecule has 0 aliphatic carbocycles. The number of nitrogen functional groups attached to an aromatic ring is 1. The summed E-state index contributed by atoms with van der Waals surface area (Å²) in [4.78, 5) is 4.25. The second-order valence-electron chi connectivity index (χ2n) is 4.19. The van der Waals surface area contributed by atoms with E-state index in [1.165, 1.54) is 0 Å². The van der Waals surface area contributed by atoms with E-state index in [0.717, 1.165) is 23.4 Å². The summed E-state index contributed by atoms with van der Waals surface area (Å²) in [6.45, 7) is 1.14. The van der Waals surface area contributed by atoms with Crippen molar-refractivity contribution in [2.24, 2.45) is 0 Å². The van der Waals surface area contributed by atoms with Crippen LogP contribution in [-0.4, -0.2) is 18.7 Å². The quantitative estimate of drug-likeness (QED) is 0.638. The van der Waals surface area contributed by atoms with Crippen molar-refractivity contribution >= 4 is 5.69 Å². The first-order valence-electron chi connectivity index (χ1n) is 6.19. The Morgan fingerprint density at radius 2 is 2.11 bits per heavy atom. The lowest BCUT2D eigenvalue weighted by Gasteiger charge is -2.09. The molecule has 4 heteroatoms. The highest BCUT2D eigenvalue weighted by atomic mass is 16.5. The van der Waals surface area contributed by atoms with Gasteiger partial charge in [-0.05, 0) is 18.2 Å². The van der Waals surface area contributed by atoms with Crippen LogP contribution >= 0.6 is 0 Å². The van der Waals surface area contributed by atoms with Gasteiger partial charge in [0, 0.05) is 35.6 Å². The molecule has 0 bridgehead atoms. The van der Waals surface area contributed by atoms with Crippen molar-refractivity contribution in [3.63, 3.8) is 0 Å². The molecule has 2 aromatic rings. The number of nitrogens with zero attached hydrogens (tertiary/aromatic N) is 1. The van der Waals surface area contributed by atoms with Crippen LogP contribution < -0.4 is 10.5 Å². The molecule has 0 saturated carbocycles. The number of ether oxygens (including phenoxy) is 2. The average Bonchev–Trinajstić information content (AvgIpc) is 2.46. The molecule has 0 amide bonds. The van der Waals surface area contributed by atoms with E-state index in [4.69, 9.17) is 15.2 Å². The predicted molar refractivity (Wildman–Crippen MR) is 75.0 cm³/mol. The van der Waals surface area contributed by atoms with Gasteiger partial charge in [0.15, 0.2) is 0 Å². The van der Waals surface area contributed by atoms with Gasteiger partial charge in [0.1, 0.15) is 5.75 Å². The molecule has 4 nitrogen and oxygen atoms in total.